The molecule has 0 aromatic carbocycles. The van der Waals surface area contributed by atoms with Crippen molar-refractivity contribution >= 4 is 0 Å². The lowest BCUT2D eigenvalue weighted by atomic mass is 9.48. The van der Waals surface area contributed by atoms with Crippen molar-refractivity contribution < 1.29 is 0 Å². The van der Waals surface area contributed by atoms with E-state index in [0.29, 0.717) is 11.8 Å². The van der Waals surface area contributed by atoms with Crippen LogP contribution in [0.4, 0.5) is 0 Å². The predicted molar refractivity (Wildman–Crippen MR) is 78.1 cm³/mol. The summed E-state index contributed by atoms with van der Waals surface area (Å²) in [7, 11) is 0. The highest BCUT2D eigenvalue weighted by Gasteiger charge is 2.52. The van der Waals surface area contributed by atoms with Gasteiger partial charge in [0, 0.05) is 0 Å². The summed E-state index contributed by atoms with van der Waals surface area (Å²) in [6.07, 6.45) is 21.3. The van der Waals surface area contributed by atoms with Crippen LogP contribution in [0.15, 0.2) is 48.6 Å². The van der Waals surface area contributed by atoms with Crippen LogP contribution in [-0.2, 0) is 0 Å². The molecule has 1 saturated carbocycles. The molecule has 96 valence electrons. The van der Waals surface area contributed by atoms with Gasteiger partial charge in [-0.15, -0.1) is 0 Å². The maximum atomic E-state index is 2.41. The van der Waals surface area contributed by atoms with Gasteiger partial charge >= 0.3 is 0 Å². The zero-order valence-electron chi connectivity index (χ0n) is 11.5. The van der Waals surface area contributed by atoms with Gasteiger partial charge in [0.2, 0.25) is 0 Å². The van der Waals surface area contributed by atoms with Crippen molar-refractivity contribution in [2.45, 2.75) is 26.7 Å². The fourth-order valence-corrected chi connectivity index (χ4v) is 4.64. The molecule has 3 aliphatic rings. The highest BCUT2D eigenvalue weighted by atomic mass is 14.6. The molecule has 0 bridgehead atoms. The number of rotatable bonds is 4. The average Bonchev–Trinajstić information content (AvgIpc) is 3.01. The first-order valence-electron chi connectivity index (χ1n) is 7.56. The van der Waals surface area contributed by atoms with E-state index in [2.05, 4.69) is 62.5 Å². The summed E-state index contributed by atoms with van der Waals surface area (Å²) in [5.74, 6) is 4.99. The molecule has 0 N–H and O–H groups in total. The minimum Gasteiger partial charge on any atom is -0.0773 e. The van der Waals surface area contributed by atoms with Crippen LogP contribution >= 0.6 is 0 Å². The third-order valence-electron chi connectivity index (χ3n) is 5.37. The molecule has 0 radical (unpaired) electrons. The smallest absolute Gasteiger partial charge is 0.00131 e. The molecule has 0 aromatic rings. The third kappa shape index (κ3) is 1.74. The second-order valence-electron chi connectivity index (χ2n) is 5.99. The van der Waals surface area contributed by atoms with Crippen LogP contribution in [0.1, 0.15) is 26.7 Å². The number of allylic oxidation sites excluding steroid dienone is 8. The minimum atomic E-state index is 0.699. The molecule has 1 fully saturated rings. The van der Waals surface area contributed by atoms with Gasteiger partial charge in [0.25, 0.3) is 0 Å². The lowest BCUT2D eigenvalue weighted by molar-refractivity contribution is -0.0574. The molecule has 0 amide bonds. The van der Waals surface area contributed by atoms with Gasteiger partial charge in [-0.2, -0.15) is 0 Å². The SMILES string of the molecule is CC[C@H]1[C@H](CC)[C@H](C2C=CC=C2)[C@@H]1C1C=CC=C1. The normalized spacial score (nSPS) is 38.8. The molecular formula is C18H24. The molecule has 18 heavy (non-hydrogen) atoms. The van der Waals surface area contributed by atoms with Crippen molar-refractivity contribution in [2.75, 3.05) is 0 Å². The summed E-state index contributed by atoms with van der Waals surface area (Å²) in [5, 5.41) is 0. The molecule has 3 aliphatic carbocycles. The molecule has 4 atom stereocenters. The average molecular weight is 240 g/mol. The predicted octanol–water partition coefficient (Wildman–Crippen LogP) is 4.77. The highest BCUT2D eigenvalue weighted by Crippen LogP contribution is 2.57. The third-order valence-corrected chi connectivity index (χ3v) is 5.37. The standard InChI is InChI=1S/C18H24/c1-3-15-16(4-2)18(14-11-7-8-12-14)17(15)13-9-5-6-10-13/h5-18H,3-4H2,1-2H3/t15-,16-,17-,18+/m0/s1. The lowest BCUT2D eigenvalue weighted by Crippen LogP contribution is -2.51. The molecule has 3 rings (SSSR count). The molecule has 0 spiro atoms. The fraction of sp³-hybridized carbons (Fsp3) is 0.556. The maximum Gasteiger partial charge on any atom is -0.00131 e. The summed E-state index contributed by atoms with van der Waals surface area (Å²) in [6.45, 7) is 4.75. The van der Waals surface area contributed by atoms with Gasteiger partial charge in [-0.3, -0.25) is 0 Å². The van der Waals surface area contributed by atoms with Crippen LogP contribution in [0.5, 0.6) is 0 Å². The van der Waals surface area contributed by atoms with E-state index in [9.17, 15) is 0 Å². The summed E-state index contributed by atoms with van der Waals surface area (Å²) >= 11 is 0. The zero-order chi connectivity index (χ0) is 12.5. The van der Waals surface area contributed by atoms with Crippen molar-refractivity contribution in [1.29, 1.82) is 0 Å². The van der Waals surface area contributed by atoms with Crippen LogP contribution < -0.4 is 0 Å². The van der Waals surface area contributed by atoms with Crippen LogP contribution in [0.2, 0.25) is 0 Å². The minimum absolute atomic E-state index is 0.699. The second kappa shape index (κ2) is 4.91. The molecule has 0 nitrogen and oxygen atoms in total. The highest BCUT2D eigenvalue weighted by molar-refractivity contribution is 5.26. The van der Waals surface area contributed by atoms with Gasteiger partial charge in [-0.25, -0.2) is 0 Å². The Morgan fingerprint density at radius 3 is 1.22 bits per heavy atom. The zero-order valence-corrected chi connectivity index (χ0v) is 11.5. The summed E-state index contributed by atoms with van der Waals surface area (Å²) in [4.78, 5) is 0. The topological polar surface area (TPSA) is 0 Å². The largest absolute Gasteiger partial charge is 0.0773 e. The molecular weight excluding hydrogens is 216 g/mol. The van der Waals surface area contributed by atoms with Crippen molar-refractivity contribution in [1.82, 2.24) is 0 Å². The maximum absolute atomic E-state index is 2.41. The van der Waals surface area contributed by atoms with E-state index in [1.807, 2.05) is 0 Å². The van der Waals surface area contributed by atoms with Crippen molar-refractivity contribution in [3.8, 4) is 0 Å². The van der Waals surface area contributed by atoms with Gasteiger partial charge in [-0.1, -0.05) is 75.3 Å². The molecule has 0 saturated heterocycles. The van der Waals surface area contributed by atoms with Crippen molar-refractivity contribution in [3.05, 3.63) is 48.6 Å². The summed E-state index contributed by atoms with van der Waals surface area (Å²) in [5.41, 5.74) is 0. The van der Waals surface area contributed by atoms with E-state index >= 15 is 0 Å². The molecule has 0 unspecified atom stereocenters. The Labute approximate surface area is 111 Å². The summed E-state index contributed by atoms with van der Waals surface area (Å²) < 4.78 is 0. The summed E-state index contributed by atoms with van der Waals surface area (Å²) in [6, 6.07) is 0. The Kier molecular flexibility index (Phi) is 3.28. The Balaban J connectivity index is 1.83. The Morgan fingerprint density at radius 2 is 0.944 bits per heavy atom. The number of hydrogen-bond donors (Lipinski definition) is 0. The second-order valence-corrected chi connectivity index (χ2v) is 5.99. The van der Waals surface area contributed by atoms with Gasteiger partial charge in [0.15, 0.2) is 0 Å². The molecule has 0 heterocycles. The first-order chi connectivity index (χ1) is 8.86. The van der Waals surface area contributed by atoms with E-state index in [1.54, 1.807) is 0 Å². The quantitative estimate of drug-likeness (QED) is 0.664. The van der Waals surface area contributed by atoms with E-state index in [-0.39, 0.29) is 0 Å². The van der Waals surface area contributed by atoms with Gasteiger partial charge in [0.1, 0.15) is 0 Å². The van der Waals surface area contributed by atoms with Gasteiger partial charge in [0.05, 0.1) is 0 Å². The molecule has 0 heteroatoms. The van der Waals surface area contributed by atoms with E-state index in [0.717, 1.165) is 23.7 Å². The van der Waals surface area contributed by atoms with Crippen LogP contribution in [0.3, 0.4) is 0 Å². The molecule has 0 aliphatic heterocycles. The number of hydrogen-bond acceptors (Lipinski definition) is 0. The van der Waals surface area contributed by atoms with Crippen LogP contribution in [0.25, 0.3) is 0 Å². The van der Waals surface area contributed by atoms with E-state index in [4.69, 9.17) is 0 Å². The van der Waals surface area contributed by atoms with Crippen LogP contribution in [0, 0.1) is 35.5 Å². The monoisotopic (exact) mass is 240 g/mol. The van der Waals surface area contributed by atoms with Gasteiger partial charge in [-0.05, 0) is 35.5 Å². The van der Waals surface area contributed by atoms with E-state index < -0.39 is 0 Å². The van der Waals surface area contributed by atoms with E-state index in [1.165, 1.54) is 12.8 Å². The Morgan fingerprint density at radius 1 is 0.611 bits per heavy atom. The van der Waals surface area contributed by atoms with Gasteiger partial charge < -0.3 is 0 Å². The molecule has 0 aromatic heterocycles. The first-order valence-corrected chi connectivity index (χ1v) is 7.56. The first kappa shape index (κ1) is 12.0. The fourth-order valence-electron chi connectivity index (χ4n) is 4.64. The Bertz CT molecular complexity index is 346. The lowest BCUT2D eigenvalue weighted by Gasteiger charge is -2.56. The van der Waals surface area contributed by atoms with Crippen molar-refractivity contribution in [2.24, 2.45) is 35.5 Å². The van der Waals surface area contributed by atoms with Crippen molar-refractivity contribution in [3.63, 3.8) is 0 Å². The van der Waals surface area contributed by atoms with Crippen LogP contribution in [-0.4, -0.2) is 0 Å². The Hall–Kier alpha value is -1.04.